The maximum atomic E-state index is 11.7. The number of halogens is 1. The lowest BCUT2D eigenvalue weighted by Crippen LogP contribution is -2.54. The largest absolute Gasteiger partial charge is 0.371 e. The highest BCUT2D eigenvalue weighted by Crippen LogP contribution is 2.27. The van der Waals surface area contributed by atoms with Gasteiger partial charge in [0.25, 0.3) is 0 Å². The van der Waals surface area contributed by atoms with Crippen LogP contribution in [0.1, 0.15) is 27.2 Å². The van der Waals surface area contributed by atoms with E-state index in [4.69, 9.17) is 17.3 Å². The van der Waals surface area contributed by atoms with Crippen LogP contribution in [-0.2, 0) is 4.79 Å². The van der Waals surface area contributed by atoms with Crippen molar-refractivity contribution in [2.45, 2.75) is 32.7 Å². The molecule has 4 heteroatoms. The topological polar surface area (TPSA) is 55.1 Å². The number of amides is 1. The Labute approximate surface area is 107 Å². The van der Waals surface area contributed by atoms with Crippen molar-refractivity contribution in [3.63, 3.8) is 0 Å². The quantitative estimate of drug-likeness (QED) is 0.849. The zero-order valence-electron chi connectivity index (χ0n) is 10.5. The van der Waals surface area contributed by atoms with Crippen molar-refractivity contribution in [1.29, 1.82) is 0 Å². The number of hydrogen-bond acceptors (Lipinski definition) is 2. The Morgan fingerprint density at radius 2 is 2.18 bits per heavy atom. The Morgan fingerprint density at radius 1 is 1.53 bits per heavy atom. The minimum atomic E-state index is -0.731. The lowest BCUT2D eigenvalue weighted by atomic mass is 9.83. The number of primary amides is 1. The molecule has 0 aliphatic carbocycles. The summed E-state index contributed by atoms with van der Waals surface area (Å²) in [5, 5.41) is 3.86. The van der Waals surface area contributed by atoms with E-state index in [9.17, 15) is 4.79 Å². The molecule has 1 amide bonds. The summed E-state index contributed by atoms with van der Waals surface area (Å²) in [7, 11) is 0. The standard InChI is InChI=1S/C13H19ClN2O/c1-4-13(9(2)3,12(15)17)16-11-7-5-6-10(14)8-11/h5-9,16H,4H2,1-3H3,(H2,15,17). The van der Waals surface area contributed by atoms with E-state index in [0.29, 0.717) is 11.4 Å². The summed E-state index contributed by atoms with van der Waals surface area (Å²) < 4.78 is 0. The molecule has 1 atom stereocenters. The summed E-state index contributed by atoms with van der Waals surface area (Å²) in [6.07, 6.45) is 0.631. The highest BCUT2D eigenvalue weighted by Gasteiger charge is 2.38. The number of rotatable bonds is 5. The molecule has 0 saturated carbocycles. The lowest BCUT2D eigenvalue weighted by molar-refractivity contribution is -0.123. The van der Waals surface area contributed by atoms with E-state index in [1.54, 1.807) is 12.1 Å². The molecule has 0 radical (unpaired) electrons. The third-order valence-corrected chi connectivity index (χ3v) is 3.41. The van der Waals surface area contributed by atoms with Crippen molar-refractivity contribution >= 4 is 23.2 Å². The Balaban J connectivity index is 3.06. The second-order valence-electron chi connectivity index (χ2n) is 4.48. The number of carbonyl (C=O) groups is 1. The molecular formula is C13H19ClN2O. The molecule has 0 bridgehead atoms. The molecule has 0 aliphatic heterocycles. The highest BCUT2D eigenvalue weighted by molar-refractivity contribution is 6.30. The van der Waals surface area contributed by atoms with Crippen molar-refractivity contribution in [3.8, 4) is 0 Å². The average molecular weight is 255 g/mol. The maximum absolute atomic E-state index is 11.7. The number of anilines is 1. The average Bonchev–Trinajstić information content (AvgIpc) is 2.25. The van der Waals surface area contributed by atoms with Gasteiger partial charge in [-0.05, 0) is 30.5 Å². The molecule has 1 aromatic rings. The number of nitrogens with one attached hydrogen (secondary N) is 1. The first-order valence-electron chi connectivity index (χ1n) is 5.76. The van der Waals surface area contributed by atoms with Gasteiger partial charge in [0.05, 0.1) is 0 Å². The Morgan fingerprint density at radius 3 is 2.59 bits per heavy atom. The molecule has 0 aliphatic rings. The van der Waals surface area contributed by atoms with E-state index in [2.05, 4.69) is 5.32 Å². The number of hydrogen-bond donors (Lipinski definition) is 2. The molecule has 1 unspecified atom stereocenters. The van der Waals surface area contributed by atoms with E-state index in [1.165, 1.54) is 0 Å². The van der Waals surface area contributed by atoms with E-state index in [-0.39, 0.29) is 11.8 Å². The molecule has 0 heterocycles. The van der Waals surface area contributed by atoms with Crippen LogP contribution < -0.4 is 11.1 Å². The SMILES string of the molecule is CCC(Nc1cccc(Cl)c1)(C(N)=O)C(C)C. The van der Waals surface area contributed by atoms with Gasteiger partial charge in [0.15, 0.2) is 0 Å². The van der Waals surface area contributed by atoms with Gasteiger partial charge < -0.3 is 11.1 Å². The summed E-state index contributed by atoms with van der Waals surface area (Å²) in [6, 6.07) is 7.30. The predicted octanol–water partition coefficient (Wildman–Crippen LogP) is 3.04. The molecule has 0 fully saturated rings. The summed E-state index contributed by atoms with van der Waals surface area (Å²) in [5.74, 6) is -0.237. The van der Waals surface area contributed by atoms with Gasteiger partial charge >= 0.3 is 0 Å². The van der Waals surface area contributed by atoms with E-state index in [0.717, 1.165) is 5.69 Å². The first-order valence-corrected chi connectivity index (χ1v) is 6.14. The third kappa shape index (κ3) is 2.91. The normalized spacial score (nSPS) is 14.4. The summed E-state index contributed by atoms with van der Waals surface area (Å²) in [4.78, 5) is 11.7. The fourth-order valence-corrected chi connectivity index (χ4v) is 2.18. The molecule has 0 saturated heterocycles. The van der Waals surface area contributed by atoms with E-state index in [1.807, 2.05) is 32.9 Å². The number of carbonyl (C=O) groups excluding carboxylic acids is 1. The molecule has 94 valence electrons. The van der Waals surface area contributed by atoms with Gasteiger partial charge in [0, 0.05) is 10.7 Å². The van der Waals surface area contributed by atoms with Crippen molar-refractivity contribution in [2.75, 3.05) is 5.32 Å². The molecule has 17 heavy (non-hydrogen) atoms. The monoisotopic (exact) mass is 254 g/mol. The molecule has 3 nitrogen and oxygen atoms in total. The van der Waals surface area contributed by atoms with Gasteiger partial charge in [-0.1, -0.05) is 38.4 Å². The number of nitrogens with two attached hydrogens (primary N) is 1. The molecule has 1 rings (SSSR count). The maximum Gasteiger partial charge on any atom is 0.243 e. The second kappa shape index (κ2) is 5.41. The van der Waals surface area contributed by atoms with Crippen molar-refractivity contribution in [2.24, 2.45) is 11.7 Å². The van der Waals surface area contributed by atoms with Crippen LogP contribution in [0.3, 0.4) is 0 Å². The molecule has 0 spiro atoms. The van der Waals surface area contributed by atoms with Crippen molar-refractivity contribution in [1.82, 2.24) is 0 Å². The predicted molar refractivity (Wildman–Crippen MR) is 72.1 cm³/mol. The first kappa shape index (κ1) is 13.8. The Bertz CT molecular complexity index is 406. The van der Waals surface area contributed by atoms with Gasteiger partial charge in [-0.3, -0.25) is 4.79 Å². The van der Waals surface area contributed by atoms with Crippen LogP contribution in [0.25, 0.3) is 0 Å². The van der Waals surface area contributed by atoms with Crippen LogP contribution >= 0.6 is 11.6 Å². The van der Waals surface area contributed by atoms with Gasteiger partial charge in [0.1, 0.15) is 5.54 Å². The molecule has 3 N–H and O–H groups in total. The number of benzene rings is 1. The van der Waals surface area contributed by atoms with Crippen LogP contribution in [0.5, 0.6) is 0 Å². The van der Waals surface area contributed by atoms with Gasteiger partial charge in [-0.2, -0.15) is 0 Å². The zero-order valence-corrected chi connectivity index (χ0v) is 11.2. The molecule has 1 aromatic carbocycles. The van der Waals surface area contributed by atoms with E-state index >= 15 is 0 Å². The van der Waals surface area contributed by atoms with Crippen LogP contribution in [0.15, 0.2) is 24.3 Å². The lowest BCUT2D eigenvalue weighted by Gasteiger charge is -2.35. The summed E-state index contributed by atoms with van der Waals surface area (Å²) >= 11 is 5.92. The van der Waals surface area contributed by atoms with Crippen LogP contribution in [-0.4, -0.2) is 11.4 Å². The van der Waals surface area contributed by atoms with Crippen LogP contribution in [0.2, 0.25) is 5.02 Å². The Hall–Kier alpha value is -1.22. The van der Waals surface area contributed by atoms with Crippen molar-refractivity contribution in [3.05, 3.63) is 29.3 Å². The second-order valence-corrected chi connectivity index (χ2v) is 4.92. The fraction of sp³-hybridized carbons (Fsp3) is 0.462. The van der Waals surface area contributed by atoms with E-state index < -0.39 is 5.54 Å². The smallest absolute Gasteiger partial charge is 0.243 e. The minimum absolute atomic E-state index is 0.101. The molecule has 0 aromatic heterocycles. The Kier molecular flexibility index (Phi) is 4.40. The molecular weight excluding hydrogens is 236 g/mol. The third-order valence-electron chi connectivity index (χ3n) is 3.17. The first-order chi connectivity index (χ1) is 7.92. The van der Waals surface area contributed by atoms with Crippen LogP contribution in [0, 0.1) is 5.92 Å². The zero-order chi connectivity index (χ0) is 13.1. The van der Waals surface area contributed by atoms with Gasteiger partial charge in [0.2, 0.25) is 5.91 Å². The van der Waals surface area contributed by atoms with Crippen LogP contribution in [0.4, 0.5) is 5.69 Å². The van der Waals surface area contributed by atoms with Crippen molar-refractivity contribution < 1.29 is 4.79 Å². The minimum Gasteiger partial charge on any atom is -0.371 e. The van der Waals surface area contributed by atoms with Gasteiger partial charge in [-0.15, -0.1) is 0 Å². The summed E-state index contributed by atoms with van der Waals surface area (Å²) in [6.45, 7) is 5.90. The van der Waals surface area contributed by atoms with Gasteiger partial charge in [-0.25, -0.2) is 0 Å². The highest BCUT2D eigenvalue weighted by atomic mass is 35.5. The fourth-order valence-electron chi connectivity index (χ4n) is 1.99. The summed E-state index contributed by atoms with van der Waals surface area (Å²) in [5.41, 5.74) is 5.62.